The Labute approximate surface area is 123 Å². The number of piperazine rings is 1. The van der Waals surface area contributed by atoms with Gasteiger partial charge in [0.2, 0.25) is 5.95 Å². The van der Waals surface area contributed by atoms with Crippen molar-refractivity contribution in [3.8, 4) is 0 Å². The van der Waals surface area contributed by atoms with Crippen molar-refractivity contribution in [3.63, 3.8) is 0 Å². The Bertz CT molecular complexity index is 626. The standard InChI is InChI=1S/C14H19N7/c1-20-7-12(6-16-20)18-14-15-5-4-13(19-14)21-8-10-2-3-11(9-21)17-10/h4-7,10-11,17H,2-3,8-9H2,1H3,(H,15,18,19). The molecule has 2 aliphatic heterocycles. The van der Waals surface area contributed by atoms with Gasteiger partial charge in [0, 0.05) is 44.6 Å². The maximum absolute atomic E-state index is 4.64. The SMILES string of the molecule is Cn1cc(Nc2nccc(N3CC4CCC(C3)N4)n2)cn1. The highest BCUT2D eigenvalue weighted by atomic mass is 15.3. The van der Waals surface area contributed by atoms with E-state index in [0.717, 1.165) is 24.6 Å². The molecule has 2 aromatic heterocycles. The second-order valence-corrected chi connectivity index (χ2v) is 5.81. The number of hydrogen-bond acceptors (Lipinski definition) is 6. The second-order valence-electron chi connectivity index (χ2n) is 5.81. The molecule has 21 heavy (non-hydrogen) atoms. The fourth-order valence-electron chi connectivity index (χ4n) is 3.18. The maximum atomic E-state index is 4.64. The van der Waals surface area contributed by atoms with Crippen LogP contribution >= 0.6 is 0 Å². The van der Waals surface area contributed by atoms with Crippen molar-refractivity contribution in [1.29, 1.82) is 0 Å². The molecule has 2 fully saturated rings. The number of aromatic nitrogens is 4. The smallest absolute Gasteiger partial charge is 0.229 e. The van der Waals surface area contributed by atoms with E-state index >= 15 is 0 Å². The van der Waals surface area contributed by atoms with Gasteiger partial charge in [-0.05, 0) is 18.9 Å². The van der Waals surface area contributed by atoms with Crippen LogP contribution in [0.25, 0.3) is 0 Å². The van der Waals surface area contributed by atoms with Crippen molar-refractivity contribution in [2.75, 3.05) is 23.3 Å². The minimum absolute atomic E-state index is 0.605. The van der Waals surface area contributed by atoms with Crippen LogP contribution in [0, 0.1) is 0 Å². The Morgan fingerprint density at radius 3 is 2.81 bits per heavy atom. The highest BCUT2D eigenvalue weighted by Crippen LogP contribution is 2.24. The van der Waals surface area contributed by atoms with E-state index in [1.54, 1.807) is 10.9 Å². The molecule has 7 heteroatoms. The summed E-state index contributed by atoms with van der Waals surface area (Å²) in [6.45, 7) is 2.06. The first-order valence-electron chi connectivity index (χ1n) is 7.36. The van der Waals surface area contributed by atoms with Gasteiger partial charge in [0.25, 0.3) is 0 Å². The van der Waals surface area contributed by atoms with Gasteiger partial charge >= 0.3 is 0 Å². The molecule has 7 nitrogen and oxygen atoms in total. The van der Waals surface area contributed by atoms with Crippen molar-refractivity contribution in [2.24, 2.45) is 7.05 Å². The molecule has 2 aliphatic rings. The summed E-state index contributed by atoms with van der Waals surface area (Å²) < 4.78 is 1.75. The van der Waals surface area contributed by atoms with Crippen LogP contribution in [0.2, 0.25) is 0 Å². The van der Waals surface area contributed by atoms with Crippen LogP contribution in [0.1, 0.15) is 12.8 Å². The number of hydrogen-bond donors (Lipinski definition) is 2. The second kappa shape index (κ2) is 5.00. The van der Waals surface area contributed by atoms with Gasteiger partial charge in [0.1, 0.15) is 5.82 Å². The summed E-state index contributed by atoms with van der Waals surface area (Å²) in [5, 5.41) is 11.0. The molecule has 4 rings (SSSR count). The molecular formula is C14H19N7. The number of nitrogens with one attached hydrogen (secondary N) is 2. The third-order valence-corrected chi connectivity index (χ3v) is 4.14. The Kier molecular flexibility index (Phi) is 2.99. The Hall–Kier alpha value is -2.15. The summed E-state index contributed by atoms with van der Waals surface area (Å²) >= 11 is 0. The maximum Gasteiger partial charge on any atom is 0.229 e. The molecule has 2 saturated heterocycles. The predicted octanol–water partition coefficient (Wildman–Crippen LogP) is 0.894. The fourth-order valence-corrected chi connectivity index (χ4v) is 3.18. The molecule has 0 radical (unpaired) electrons. The summed E-state index contributed by atoms with van der Waals surface area (Å²) in [5.74, 6) is 1.61. The van der Waals surface area contributed by atoms with E-state index in [9.17, 15) is 0 Å². The van der Waals surface area contributed by atoms with E-state index in [0.29, 0.717) is 18.0 Å². The van der Waals surface area contributed by atoms with E-state index in [4.69, 9.17) is 0 Å². The zero-order valence-electron chi connectivity index (χ0n) is 12.0. The first-order chi connectivity index (χ1) is 10.3. The molecule has 2 aromatic rings. The normalized spacial score (nSPS) is 24.3. The van der Waals surface area contributed by atoms with Gasteiger partial charge in [-0.1, -0.05) is 0 Å². The lowest BCUT2D eigenvalue weighted by atomic mass is 10.2. The highest BCUT2D eigenvalue weighted by Gasteiger charge is 2.32. The van der Waals surface area contributed by atoms with Crippen LogP contribution in [0.5, 0.6) is 0 Å². The van der Waals surface area contributed by atoms with E-state index in [2.05, 4.69) is 30.6 Å². The van der Waals surface area contributed by atoms with Gasteiger partial charge in [0.05, 0.1) is 11.9 Å². The summed E-state index contributed by atoms with van der Waals surface area (Å²) in [4.78, 5) is 11.3. The fraction of sp³-hybridized carbons (Fsp3) is 0.500. The average Bonchev–Trinajstić information content (AvgIpc) is 3.04. The molecule has 0 amide bonds. The van der Waals surface area contributed by atoms with Crippen molar-refractivity contribution >= 4 is 17.5 Å². The molecule has 2 bridgehead atoms. The Morgan fingerprint density at radius 2 is 2.10 bits per heavy atom. The lowest BCUT2D eigenvalue weighted by Gasteiger charge is -2.33. The molecule has 4 heterocycles. The lowest BCUT2D eigenvalue weighted by Crippen LogP contribution is -2.51. The predicted molar refractivity (Wildman–Crippen MR) is 80.7 cm³/mol. The minimum atomic E-state index is 0.605. The average molecular weight is 285 g/mol. The van der Waals surface area contributed by atoms with Crippen molar-refractivity contribution < 1.29 is 0 Å². The van der Waals surface area contributed by atoms with Gasteiger partial charge in [-0.3, -0.25) is 4.68 Å². The third kappa shape index (κ3) is 2.56. The lowest BCUT2D eigenvalue weighted by molar-refractivity contribution is 0.463. The van der Waals surface area contributed by atoms with Gasteiger partial charge in [-0.2, -0.15) is 10.1 Å². The number of fused-ring (bicyclic) bond motifs is 2. The number of nitrogens with zero attached hydrogens (tertiary/aromatic N) is 5. The largest absolute Gasteiger partial charge is 0.353 e. The molecule has 0 aliphatic carbocycles. The molecule has 2 N–H and O–H groups in total. The molecule has 110 valence electrons. The van der Waals surface area contributed by atoms with Crippen LogP contribution in [0.4, 0.5) is 17.5 Å². The monoisotopic (exact) mass is 285 g/mol. The first-order valence-corrected chi connectivity index (χ1v) is 7.36. The zero-order chi connectivity index (χ0) is 14.2. The summed E-state index contributed by atoms with van der Waals surface area (Å²) in [6, 6.07) is 3.20. The summed E-state index contributed by atoms with van der Waals surface area (Å²) in [6.07, 6.45) is 8.02. The number of aryl methyl sites for hydroxylation is 1. The highest BCUT2D eigenvalue weighted by molar-refractivity contribution is 5.53. The molecule has 0 saturated carbocycles. The van der Waals surface area contributed by atoms with E-state index < -0.39 is 0 Å². The van der Waals surface area contributed by atoms with E-state index in [1.165, 1.54) is 12.8 Å². The Morgan fingerprint density at radius 1 is 1.29 bits per heavy atom. The van der Waals surface area contributed by atoms with Gasteiger partial charge in [0.15, 0.2) is 0 Å². The summed E-state index contributed by atoms with van der Waals surface area (Å²) in [5.41, 5.74) is 0.898. The summed E-state index contributed by atoms with van der Waals surface area (Å²) in [7, 11) is 1.89. The molecule has 0 aromatic carbocycles. The third-order valence-electron chi connectivity index (χ3n) is 4.14. The zero-order valence-corrected chi connectivity index (χ0v) is 12.0. The molecular weight excluding hydrogens is 266 g/mol. The van der Waals surface area contributed by atoms with E-state index in [-0.39, 0.29) is 0 Å². The van der Waals surface area contributed by atoms with Gasteiger partial charge in [-0.15, -0.1) is 0 Å². The van der Waals surface area contributed by atoms with Gasteiger partial charge in [-0.25, -0.2) is 4.98 Å². The molecule has 0 spiro atoms. The topological polar surface area (TPSA) is 70.9 Å². The van der Waals surface area contributed by atoms with Crippen LogP contribution in [0.3, 0.4) is 0 Å². The van der Waals surface area contributed by atoms with Crippen molar-refractivity contribution in [1.82, 2.24) is 25.1 Å². The van der Waals surface area contributed by atoms with Gasteiger partial charge < -0.3 is 15.5 Å². The van der Waals surface area contributed by atoms with Crippen LogP contribution in [0.15, 0.2) is 24.7 Å². The van der Waals surface area contributed by atoms with Crippen LogP contribution in [-0.4, -0.2) is 44.9 Å². The van der Waals surface area contributed by atoms with Crippen LogP contribution < -0.4 is 15.5 Å². The number of anilines is 3. The molecule has 2 unspecified atom stereocenters. The first kappa shape index (κ1) is 12.6. The van der Waals surface area contributed by atoms with E-state index in [1.807, 2.05) is 25.5 Å². The van der Waals surface area contributed by atoms with Crippen molar-refractivity contribution in [2.45, 2.75) is 24.9 Å². The number of rotatable bonds is 3. The Balaban J connectivity index is 1.52. The quantitative estimate of drug-likeness (QED) is 0.873. The van der Waals surface area contributed by atoms with Crippen molar-refractivity contribution in [3.05, 3.63) is 24.7 Å². The minimum Gasteiger partial charge on any atom is -0.353 e. The van der Waals surface area contributed by atoms with Crippen LogP contribution in [-0.2, 0) is 7.05 Å². The molecule has 2 atom stereocenters.